The van der Waals surface area contributed by atoms with Crippen molar-refractivity contribution in [3.8, 4) is 0 Å². The summed E-state index contributed by atoms with van der Waals surface area (Å²) in [6, 6.07) is 0. The molecule has 0 radical (unpaired) electrons. The van der Waals surface area contributed by atoms with Crippen molar-refractivity contribution >= 4 is 5.71 Å². The highest BCUT2D eigenvalue weighted by Gasteiger charge is 2.11. The molecule has 0 unspecified atom stereocenters. The van der Waals surface area contributed by atoms with Crippen molar-refractivity contribution in [1.29, 1.82) is 0 Å². The standard InChI is InChI=1S/C10H13N/c1-4-6-10-9(5-2)7-8(3)11-10/h4-6H,1,7H2,2-3H3/b9-5-,10-6+. The van der Waals surface area contributed by atoms with Gasteiger partial charge in [0.05, 0.1) is 5.70 Å². The minimum Gasteiger partial charge on any atom is -0.258 e. The zero-order valence-electron chi connectivity index (χ0n) is 7.09. The van der Waals surface area contributed by atoms with Crippen LogP contribution in [0.3, 0.4) is 0 Å². The Morgan fingerprint density at radius 2 is 2.27 bits per heavy atom. The molecule has 1 aliphatic heterocycles. The van der Waals surface area contributed by atoms with Crippen LogP contribution < -0.4 is 0 Å². The minimum atomic E-state index is 0.996. The average molecular weight is 147 g/mol. The van der Waals surface area contributed by atoms with Crippen LogP contribution in [-0.2, 0) is 0 Å². The third kappa shape index (κ3) is 1.67. The Morgan fingerprint density at radius 3 is 2.82 bits per heavy atom. The van der Waals surface area contributed by atoms with Crippen LogP contribution in [-0.4, -0.2) is 5.71 Å². The second-order valence-corrected chi connectivity index (χ2v) is 2.63. The van der Waals surface area contributed by atoms with Crippen LogP contribution >= 0.6 is 0 Å². The molecular weight excluding hydrogens is 134 g/mol. The Labute approximate surface area is 67.8 Å². The molecule has 1 rings (SSSR count). The van der Waals surface area contributed by atoms with Gasteiger partial charge in [-0.1, -0.05) is 18.7 Å². The van der Waals surface area contributed by atoms with E-state index in [1.165, 1.54) is 11.3 Å². The molecule has 1 aliphatic rings. The van der Waals surface area contributed by atoms with Gasteiger partial charge in [0.2, 0.25) is 0 Å². The lowest BCUT2D eigenvalue weighted by atomic mass is 10.1. The summed E-state index contributed by atoms with van der Waals surface area (Å²) in [5.41, 5.74) is 3.56. The minimum absolute atomic E-state index is 0.996. The fraction of sp³-hybridized carbons (Fsp3) is 0.300. The zero-order chi connectivity index (χ0) is 8.27. The van der Waals surface area contributed by atoms with Gasteiger partial charge in [-0.3, -0.25) is 4.99 Å². The molecule has 0 bridgehead atoms. The molecule has 0 aromatic rings. The fourth-order valence-corrected chi connectivity index (χ4v) is 1.19. The first-order valence-electron chi connectivity index (χ1n) is 3.80. The summed E-state index contributed by atoms with van der Waals surface area (Å²) in [7, 11) is 0. The van der Waals surface area contributed by atoms with Gasteiger partial charge >= 0.3 is 0 Å². The van der Waals surface area contributed by atoms with Crippen molar-refractivity contribution in [2.75, 3.05) is 0 Å². The highest BCUT2D eigenvalue weighted by Crippen LogP contribution is 2.23. The summed E-state index contributed by atoms with van der Waals surface area (Å²) in [6.45, 7) is 7.74. The van der Waals surface area contributed by atoms with Crippen molar-refractivity contribution < 1.29 is 0 Å². The van der Waals surface area contributed by atoms with Crippen LogP contribution in [0, 0.1) is 0 Å². The van der Waals surface area contributed by atoms with Crippen molar-refractivity contribution in [2.24, 2.45) is 4.99 Å². The predicted octanol–water partition coefficient (Wildman–Crippen LogP) is 2.87. The van der Waals surface area contributed by atoms with E-state index in [1.807, 2.05) is 19.9 Å². The SMILES string of the molecule is C=C/C=C1/N=C(C)C/C1=C/C. The molecule has 0 amide bonds. The Kier molecular flexibility index (Phi) is 2.42. The van der Waals surface area contributed by atoms with E-state index in [0.29, 0.717) is 0 Å². The second kappa shape index (κ2) is 3.33. The second-order valence-electron chi connectivity index (χ2n) is 2.63. The normalized spacial score (nSPS) is 24.4. The van der Waals surface area contributed by atoms with E-state index in [2.05, 4.69) is 17.6 Å². The third-order valence-corrected chi connectivity index (χ3v) is 1.71. The highest BCUT2D eigenvalue weighted by molar-refractivity contribution is 5.89. The lowest BCUT2D eigenvalue weighted by Crippen LogP contribution is -1.82. The highest BCUT2D eigenvalue weighted by atomic mass is 14.8. The summed E-state index contributed by atoms with van der Waals surface area (Å²) in [4.78, 5) is 4.37. The molecule has 1 heteroatoms. The summed E-state index contributed by atoms with van der Waals surface area (Å²) in [5.74, 6) is 0. The zero-order valence-corrected chi connectivity index (χ0v) is 7.09. The monoisotopic (exact) mass is 147 g/mol. The van der Waals surface area contributed by atoms with Gasteiger partial charge in [-0.05, 0) is 25.5 Å². The maximum Gasteiger partial charge on any atom is 0.0661 e. The summed E-state index contributed by atoms with van der Waals surface area (Å²) in [6.07, 6.45) is 6.83. The maximum absolute atomic E-state index is 4.37. The van der Waals surface area contributed by atoms with E-state index in [9.17, 15) is 0 Å². The van der Waals surface area contributed by atoms with Crippen LogP contribution in [0.1, 0.15) is 20.3 Å². The van der Waals surface area contributed by atoms with Crippen LogP contribution in [0.2, 0.25) is 0 Å². The van der Waals surface area contributed by atoms with E-state index >= 15 is 0 Å². The smallest absolute Gasteiger partial charge is 0.0661 e. The van der Waals surface area contributed by atoms with Crippen molar-refractivity contribution in [2.45, 2.75) is 20.3 Å². The van der Waals surface area contributed by atoms with Gasteiger partial charge in [0, 0.05) is 12.1 Å². The molecule has 0 spiro atoms. The molecule has 0 aromatic heterocycles. The maximum atomic E-state index is 4.37. The molecule has 58 valence electrons. The number of rotatable bonds is 1. The van der Waals surface area contributed by atoms with Crippen molar-refractivity contribution in [1.82, 2.24) is 0 Å². The third-order valence-electron chi connectivity index (χ3n) is 1.71. The molecule has 0 saturated heterocycles. The molecule has 0 N–H and O–H groups in total. The quantitative estimate of drug-likeness (QED) is 0.540. The number of hydrogen-bond acceptors (Lipinski definition) is 1. The van der Waals surface area contributed by atoms with Crippen LogP contribution in [0.15, 0.2) is 41.1 Å². The fourth-order valence-electron chi connectivity index (χ4n) is 1.19. The molecular formula is C10H13N. The Hall–Kier alpha value is -1.11. The lowest BCUT2D eigenvalue weighted by Gasteiger charge is -1.93. The average Bonchev–Trinajstić information content (AvgIpc) is 2.32. The largest absolute Gasteiger partial charge is 0.258 e. The number of aliphatic imine (C=N–C) groups is 1. The summed E-state index contributed by atoms with van der Waals surface area (Å²) >= 11 is 0. The van der Waals surface area contributed by atoms with E-state index in [1.54, 1.807) is 6.08 Å². The molecule has 11 heavy (non-hydrogen) atoms. The van der Waals surface area contributed by atoms with Crippen LogP contribution in [0.5, 0.6) is 0 Å². The molecule has 0 atom stereocenters. The van der Waals surface area contributed by atoms with E-state index in [4.69, 9.17) is 0 Å². The van der Waals surface area contributed by atoms with E-state index in [-0.39, 0.29) is 0 Å². The van der Waals surface area contributed by atoms with Gasteiger partial charge in [0.25, 0.3) is 0 Å². The Bertz CT molecular complexity index is 254. The first kappa shape index (κ1) is 7.99. The molecule has 1 heterocycles. The van der Waals surface area contributed by atoms with Gasteiger partial charge in [-0.2, -0.15) is 0 Å². The number of hydrogen-bond donors (Lipinski definition) is 0. The molecule has 0 aromatic carbocycles. The van der Waals surface area contributed by atoms with Gasteiger partial charge in [-0.15, -0.1) is 0 Å². The Morgan fingerprint density at radius 1 is 1.55 bits per heavy atom. The molecule has 0 saturated carbocycles. The van der Waals surface area contributed by atoms with Crippen LogP contribution in [0.25, 0.3) is 0 Å². The first-order valence-corrected chi connectivity index (χ1v) is 3.80. The van der Waals surface area contributed by atoms with Crippen LogP contribution in [0.4, 0.5) is 0 Å². The summed E-state index contributed by atoms with van der Waals surface area (Å²) in [5, 5.41) is 0. The molecule has 0 aliphatic carbocycles. The van der Waals surface area contributed by atoms with Gasteiger partial charge in [0.1, 0.15) is 0 Å². The topological polar surface area (TPSA) is 12.4 Å². The Balaban J connectivity index is 2.94. The van der Waals surface area contributed by atoms with E-state index in [0.717, 1.165) is 12.1 Å². The number of nitrogens with zero attached hydrogens (tertiary/aromatic N) is 1. The van der Waals surface area contributed by atoms with E-state index < -0.39 is 0 Å². The first-order chi connectivity index (χ1) is 5.27. The molecule has 1 nitrogen and oxygen atoms in total. The molecule has 0 fully saturated rings. The lowest BCUT2D eigenvalue weighted by molar-refractivity contribution is 1.30. The van der Waals surface area contributed by atoms with Gasteiger partial charge < -0.3 is 0 Å². The van der Waals surface area contributed by atoms with Crippen molar-refractivity contribution in [3.05, 3.63) is 36.1 Å². The number of allylic oxidation sites excluding steroid dienone is 4. The predicted molar refractivity (Wildman–Crippen MR) is 49.8 cm³/mol. The van der Waals surface area contributed by atoms with Gasteiger partial charge in [-0.25, -0.2) is 0 Å². The van der Waals surface area contributed by atoms with Crippen molar-refractivity contribution in [3.63, 3.8) is 0 Å². The van der Waals surface area contributed by atoms with Gasteiger partial charge in [0.15, 0.2) is 0 Å². The summed E-state index contributed by atoms with van der Waals surface area (Å²) < 4.78 is 0.